The molecule has 0 saturated carbocycles. The van der Waals surface area contributed by atoms with Crippen LogP contribution in [-0.2, 0) is 11.2 Å². The zero-order valence-corrected chi connectivity index (χ0v) is 10.0. The molecule has 1 fully saturated rings. The minimum Gasteiger partial charge on any atom is -0.396 e. The molecule has 0 spiro atoms. The molecule has 0 aromatic carbocycles. The molecule has 1 aromatic rings. The fraction of sp³-hybridized carbons (Fsp3) is 0.538. The molecule has 2 atom stereocenters. The molecule has 0 aliphatic carbocycles. The molecule has 4 heteroatoms. The number of carbonyl (C=O) groups is 1. The zero-order valence-electron chi connectivity index (χ0n) is 10.0. The first kappa shape index (κ1) is 12.0. The van der Waals surface area contributed by atoms with Crippen molar-refractivity contribution in [2.45, 2.75) is 25.8 Å². The molecule has 17 heavy (non-hydrogen) atoms. The fourth-order valence-electron chi connectivity index (χ4n) is 2.33. The predicted octanol–water partition coefficient (Wildman–Crippen LogP) is 0.853. The minimum absolute atomic E-state index is 0.0991. The van der Waals surface area contributed by atoms with Crippen molar-refractivity contribution in [1.29, 1.82) is 0 Å². The smallest absolute Gasteiger partial charge is 0.223 e. The lowest BCUT2D eigenvalue weighted by Crippen LogP contribution is -2.36. The molecule has 92 valence electrons. The topological polar surface area (TPSA) is 53.4 Å². The van der Waals surface area contributed by atoms with Crippen LogP contribution in [0.25, 0.3) is 0 Å². The van der Waals surface area contributed by atoms with Crippen molar-refractivity contribution in [3.63, 3.8) is 0 Å². The summed E-state index contributed by atoms with van der Waals surface area (Å²) >= 11 is 0. The predicted molar refractivity (Wildman–Crippen MR) is 64.3 cm³/mol. The molecule has 2 heterocycles. The van der Waals surface area contributed by atoms with Gasteiger partial charge in [0.15, 0.2) is 0 Å². The molecule has 0 radical (unpaired) electrons. The molecular formula is C13H18N2O2. The van der Waals surface area contributed by atoms with Crippen LogP contribution in [-0.4, -0.2) is 40.1 Å². The maximum absolute atomic E-state index is 11.8. The van der Waals surface area contributed by atoms with Gasteiger partial charge in [0.1, 0.15) is 0 Å². The average Bonchev–Trinajstić information content (AvgIpc) is 2.72. The van der Waals surface area contributed by atoms with Gasteiger partial charge in [0.05, 0.1) is 0 Å². The Morgan fingerprint density at radius 2 is 2.47 bits per heavy atom. The number of carbonyl (C=O) groups excluding carboxylic acids is 1. The van der Waals surface area contributed by atoms with Crippen molar-refractivity contribution in [1.82, 2.24) is 9.88 Å². The number of pyridine rings is 1. The third kappa shape index (κ3) is 2.82. The second-order valence-corrected chi connectivity index (χ2v) is 4.71. The van der Waals surface area contributed by atoms with E-state index in [0.29, 0.717) is 13.0 Å². The third-order valence-electron chi connectivity index (χ3n) is 3.28. The molecule has 1 aliphatic heterocycles. The van der Waals surface area contributed by atoms with Gasteiger partial charge >= 0.3 is 0 Å². The highest BCUT2D eigenvalue weighted by Gasteiger charge is 2.31. The summed E-state index contributed by atoms with van der Waals surface area (Å²) in [6, 6.07) is 4.10. The number of aliphatic hydroxyl groups is 1. The first-order chi connectivity index (χ1) is 8.20. The van der Waals surface area contributed by atoms with Crippen LogP contribution in [0, 0.1) is 5.92 Å². The van der Waals surface area contributed by atoms with Crippen LogP contribution in [0.1, 0.15) is 18.9 Å². The van der Waals surface area contributed by atoms with Crippen molar-refractivity contribution >= 4 is 5.91 Å². The van der Waals surface area contributed by atoms with E-state index in [4.69, 9.17) is 5.11 Å². The van der Waals surface area contributed by atoms with E-state index in [9.17, 15) is 4.79 Å². The number of hydrogen-bond acceptors (Lipinski definition) is 3. The zero-order chi connectivity index (χ0) is 12.3. The monoisotopic (exact) mass is 234 g/mol. The molecule has 4 nitrogen and oxygen atoms in total. The summed E-state index contributed by atoms with van der Waals surface area (Å²) in [5.74, 6) is 0.263. The SMILES string of the molecule is CC(Cc1cccnc1)N1CC(CO)CC1=O. The average molecular weight is 234 g/mol. The summed E-state index contributed by atoms with van der Waals surface area (Å²) in [4.78, 5) is 17.7. The fourth-order valence-corrected chi connectivity index (χ4v) is 2.33. The van der Waals surface area contributed by atoms with Gasteiger partial charge in [-0.2, -0.15) is 0 Å². The molecule has 1 saturated heterocycles. The lowest BCUT2D eigenvalue weighted by molar-refractivity contribution is -0.129. The lowest BCUT2D eigenvalue weighted by atomic mass is 10.1. The summed E-state index contributed by atoms with van der Waals surface area (Å²) in [5, 5.41) is 9.08. The van der Waals surface area contributed by atoms with Gasteiger partial charge in [0.25, 0.3) is 0 Å². The third-order valence-corrected chi connectivity index (χ3v) is 3.28. The van der Waals surface area contributed by atoms with Gasteiger partial charge < -0.3 is 10.0 Å². The number of rotatable bonds is 4. The van der Waals surface area contributed by atoms with Crippen LogP contribution in [0.3, 0.4) is 0 Å². The Hall–Kier alpha value is -1.42. The lowest BCUT2D eigenvalue weighted by Gasteiger charge is -2.24. The summed E-state index contributed by atoms with van der Waals surface area (Å²) in [5.41, 5.74) is 1.14. The second kappa shape index (κ2) is 5.27. The summed E-state index contributed by atoms with van der Waals surface area (Å²) in [6.07, 6.45) is 4.88. The van der Waals surface area contributed by atoms with E-state index in [1.807, 2.05) is 30.2 Å². The minimum atomic E-state index is 0.0991. The molecule has 1 aliphatic rings. The van der Waals surface area contributed by atoms with Crippen molar-refractivity contribution in [2.75, 3.05) is 13.2 Å². The van der Waals surface area contributed by atoms with E-state index in [1.165, 1.54) is 0 Å². The molecule has 0 bridgehead atoms. The van der Waals surface area contributed by atoms with Crippen LogP contribution in [0.15, 0.2) is 24.5 Å². The van der Waals surface area contributed by atoms with Gasteiger partial charge in [-0.1, -0.05) is 6.07 Å². The maximum atomic E-state index is 11.8. The van der Waals surface area contributed by atoms with E-state index in [2.05, 4.69) is 4.98 Å². The summed E-state index contributed by atoms with van der Waals surface area (Å²) < 4.78 is 0. The summed E-state index contributed by atoms with van der Waals surface area (Å²) in [6.45, 7) is 2.82. The van der Waals surface area contributed by atoms with Crippen molar-refractivity contribution in [2.24, 2.45) is 5.92 Å². The van der Waals surface area contributed by atoms with Crippen LogP contribution < -0.4 is 0 Å². The first-order valence-corrected chi connectivity index (χ1v) is 6.00. The number of hydrogen-bond donors (Lipinski definition) is 1. The highest BCUT2D eigenvalue weighted by molar-refractivity contribution is 5.79. The number of likely N-dealkylation sites (tertiary alicyclic amines) is 1. The Bertz CT molecular complexity index is 380. The molecule has 1 N–H and O–H groups in total. The van der Waals surface area contributed by atoms with Gasteiger partial charge in [0.2, 0.25) is 5.91 Å². The van der Waals surface area contributed by atoms with Crippen molar-refractivity contribution in [3.8, 4) is 0 Å². The van der Waals surface area contributed by atoms with Crippen LogP contribution in [0.5, 0.6) is 0 Å². The molecule has 2 rings (SSSR count). The summed E-state index contributed by atoms with van der Waals surface area (Å²) in [7, 11) is 0. The Kier molecular flexibility index (Phi) is 3.74. The number of amides is 1. The van der Waals surface area contributed by atoms with E-state index < -0.39 is 0 Å². The van der Waals surface area contributed by atoms with E-state index in [-0.39, 0.29) is 24.5 Å². The Labute approximate surface area is 101 Å². The quantitative estimate of drug-likeness (QED) is 0.840. The highest BCUT2D eigenvalue weighted by Crippen LogP contribution is 2.21. The highest BCUT2D eigenvalue weighted by atomic mass is 16.3. The first-order valence-electron chi connectivity index (χ1n) is 6.00. The van der Waals surface area contributed by atoms with Crippen molar-refractivity contribution < 1.29 is 9.90 Å². The van der Waals surface area contributed by atoms with Gasteiger partial charge in [-0.15, -0.1) is 0 Å². The van der Waals surface area contributed by atoms with Gasteiger partial charge in [0, 0.05) is 43.9 Å². The Morgan fingerprint density at radius 3 is 3.06 bits per heavy atom. The van der Waals surface area contributed by atoms with Gasteiger partial charge in [-0.05, 0) is 25.0 Å². The van der Waals surface area contributed by atoms with Crippen LogP contribution >= 0.6 is 0 Å². The van der Waals surface area contributed by atoms with E-state index in [0.717, 1.165) is 12.0 Å². The largest absolute Gasteiger partial charge is 0.396 e. The number of nitrogens with zero attached hydrogens (tertiary/aromatic N) is 2. The Morgan fingerprint density at radius 1 is 1.65 bits per heavy atom. The van der Waals surface area contributed by atoms with Gasteiger partial charge in [-0.25, -0.2) is 0 Å². The molecule has 2 unspecified atom stereocenters. The van der Waals surface area contributed by atoms with Crippen LogP contribution in [0.4, 0.5) is 0 Å². The molecular weight excluding hydrogens is 216 g/mol. The second-order valence-electron chi connectivity index (χ2n) is 4.71. The number of aromatic nitrogens is 1. The van der Waals surface area contributed by atoms with Gasteiger partial charge in [-0.3, -0.25) is 9.78 Å². The Balaban J connectivity index is 1.97. The van der Waals surface area contributed by atoms with E-state index in [1.54, 1.807) is 6.20 Å². The molecule has 1 aromatic heterocycles. The van der Waals surface area contributed by atoms with Crippen molar-refractivity contribution in [3.05, 3.63) is 30.1 Å². The standard InChI is InChI=1S/C13H18N2O2/c1-10(5-11-3-2-4-14-7-11)15-8-12(9-16)6-13(15)17/h2-4,7,10,12,16H,5-6,8-9H2,1H3. The molecule has 1 amide bonds. The normalized spacial score (nSPS) is 21.9. The van der Waals surface area contributed by atoms with E-state index >= 15 is 0 Å². The maximum Gasteiger partial charge on any atom is 0.223 e. The number of aliphatic hydroxyl groups excluding tert-OH is 1. The van der Waals surface area contributed by atoms with Crippen LogP contribution in [0.2, 0.25) is 0 Å².